The van der Waals surface area contributed by atoms with Gasteiger partial charge in [-0.1, -0.05) is 0 Å². The van der Waals surface area contributed by atoms with Gasteiger partial charge in [0.1, 0.15) is 0 Å². The Morgan fingerprint density at radius 1 is 1.00 bits per heavy atom. The summed E-state index contributed by atoms with van der Waals surface area (Å²) in [6, 6.07) is 0. The van der Waals surface area contributed by atoms with Crippen LogP contribution in [0.2, 0.25) is 0 Å². The SMILES string of the molecule is [H+].[LiH].[O-][Ti]([O-])([O-])[O-]. The third-order valence-electron chi connectivity index (χ3n) is 0. The molecule has 0 atom stereocenters. The van der Waals surface area contributed by atoms with Gasteiger partial charge in [0.2, 0.25) is 0 Å². The van der Waals surface area contributed by atoms with E-state index in [0.29, 0.717) is 0 Å². The van der Waals surface area contributed by atoms with Gasteiger partial charge in [0.15, 0.2) is 0 Å². The van der Waals surface area contributed by atoms with Gasteiger partial charge in [-0.15, -0.1) is 0 Å². The number of rotatable bonds is 0. The average molecular weight is 121 g/mol. The molecule has 0 aliphatic carbocycles. The Bertz CT molecular complexity index is 27.2. The second kappa shape index (κ2) is 3.19. The standard InChI is InChI=1S/Li.4O.Ti.H/q;4*-1;;/p+1. The van der Waals surface area contributed by atoms with E-state index in [9.17, 15) is 0 Å². The van der Waals surface area contributed by atoms with Crippen LogP contribution in [-0.2, 0) is 18.1 Å². The van der Waals surface area contributed by atoms with Crippen molar-refractivity contribution in [3.05, 3.63) is 0 Å². The van der Waals surface area contributed by atoms with Gasteiger partial charge in [-0.2, -0.15) is 0 Å². The van der Waals surface area contributed by atoms with Gasteiger partial charge < -0.3 is 0 Å². The topological polar surface area (TPSA) is 92.2 Å². The molecule has 0 aromatic heterocycles. The molecule has 0 bridgehead atoms. The Morgan fingerprint density at radius 3 is 1.00 bits per heavy atom. The molecule has 0 aliphatic rings. The third-order valence-corrected chi connectivity index (χ3v) is 0. The van der Waals surface area contributed by atoms with Crippen molar-refractivity contribution in [3.63, 3.8) is 0 Å². The van der Waals surface area contributed by atoms with Crippen LogP contribution in [0.5, 0.6) is 0 Å². The van der Waals surface area contributed by atoms with Gasteiger partial charge in [-0.25, -0.2) is 0 Å². The van der Waals surface area contributed by atoms with E-state index in [1.54, 1.807) is 0 Å². The molecule has 0 unspecified atom stereocenters. The Labute approximate surface area is 53.4 Å². The van der Waals surface area contributed by atoms with Crippen LogP contribution in [0.4, 0.5) is 0 Å². The Morgan fingerprint density at radius 2 is 1.00 bits per heavy atom. The van der Waals surface area contributed by atoms with E-state index in [-0.39, 0.29) is 20.3 Å². The van der Waals surface area contributed by atoms with Crippen molar-refractivity contribution in [2.75, 3.05) is 0 Å². The molecule has 0 aliphatic heterocycles. The summed E-state index contributed by atoms with van der Waals surface area (Å²) in [6.07, 6.45) is 0. The first-order valence-corrected chi connectivity index (χ1v) is 3.37. The second-order valence-corrected chi connectivity index (χ2v) is 2.06. The normalized spacial score (nSPS) is 10.0. The first kappa shape index (κ1) is 10.2. The van der Waals surface area contributed by atoms with Crippen LogP contribution in [0.25, 0.3) is 0 Å². The Hall–Kier alpha value is 1.15. The monoisotopic (exact) mass is 121 g/mol. The molecule has 0 rings (SSSR count). The van der Waals surface area contributed by atoms with Crippen molar-refractivity contribution in [2.24, 2.45) is 0 Å². The summed E-state index contributed by atoms with van der Waals surface area (Å²) in [5, 5.41) is 0. The molecule has 0 spiro atoms. The van der Waals surface area contributed by atoms with Gasteiger partial charge in [0.25, 0.3) is 0 Å². The fourth-order valence-electron chi connectivity index (χ4n) is 0. The van der Waals surface area contributed by atoms with E-state index < -0.39 is 18.1 Å². The van der Waals surface area contributed by atoms with Crippen LogP contribution >= 0.6 is 0 Å². The predicted molar refractivity (Wildman–Crippen MR) is 8.26 cm³/mol. The molecule has 0 aromatic rings. The van der Waals surface area contributed by atoms with E-state index in [2.05, 4.69) is 0 Å². The molecule has 0 amide bonds. The van der Waals surface area contributed by atoms with E-state index >= 15 is 0 Å². The number of hydrogen-bond acceptors (Lipinski definition) is 4. The minimum absolute atomic E-state index is 0. The van der Waals surface area contributed by atoms with E-state index in [0.717, 1.165) is 0 Å². The van der Waals surface area contributed by atoms with Crippen LogP contribution in [0, 0.1) is 0 Å². The zero-order chi connectivity index (χ0) is 4.50. The quantitative estimate of drug-likeness (QED) is 0.299. The summed E-state index contributed by atoms with van der Waals surface area (Å²) in [4.78, 5) is 0. The third kappa shape index (κ3) is 66.9. The summed E-state index contributed by atoms with van der Waals surface area (Å²) < 4.78 is 34.5. The molecular formula is H2LiO4Ti-3. The van der Waals surface area contributed by atoms with Crippen molar-refractivity contribution in [3.8, 4) is 0 Å². The van der Waals surface area contributed by atoms with Crippen LogP contribution in [0.3, 0.4) is 0 Å². The maximum absolute atomic E-state index is 8.62. The van der Waals surface area contributed by atoms with Crippen molar-refractivity contribution >= 4 is 18.9 Å². The molecule has 0 heterocycles. The van der Waals surface area contributed by atoms with Crippen molar-refractivity contribution in [1.29, 1.82) is 0 Å². The van der Waals surface area contributed by atoms with Crippen molar-refractivity contribution in [2.45, 2.75) is 0 Å². The first-order valence-electron chi connectivity index (χ1n) is 0.816. The van der Waals surface area contributed by atoms with Crippen molar-refractivity contribution < 1.29 is 34.3 Å². The number of hydrogen-bond donors (Lipinski definition) is 0. The fourth-order valence-corrected chi connectivity index (χ4v) is 0. The average Bonchev–Trinajstić information content (AvgIpc) is 0.722. The molecular weight excluding hydrogens is 119 g/mol. The molecule has 0 radical (unpaired) electrons. The van der Waals surface area contributed by atoms with Crippen LogP contribution < -0.4 is 14.8 Å². The molecule has 0 saturated heterocycles. The fraction of sp³-hybridized carbons (Fsp3) is 0. The van der Waals surface area contributed by atoms with Gasteiger partial charge in [-0.3, -0.25) is 0 Å². The van der Waals surface area contributed by atoms with E-state index in [4.69, 9.17) is 14.8 Å². The predicted octanol–water partition coefficient (Wildman–Crippen LogP) is -5.29. The van der Waals surface area contributed by atoms with Gasteiger partial charge in [0.05, 0.1) is 0 Å². The Kier molecular flexibility index (Phi) is 5.43. The summed E-state index contributed by atoms with van der Waals surface area (Å²) >= 11 is -6.00. The molecule has 4 nitrogen and oxygen atoms in total. The second-order valence-electron chi connectivity index (χ2n) is 0.500. The van der Waals surface area contributed by atoms with Gasteiger partial charge in [0, 0.05) is 0 Å². The van der Waals surface area contributed by atoms with Crippen LogP contribution in [0.1, 0.15) is 1.43 Å². The Balaban J connectivity index is -0.0000000800. The zero-order valence-corrected chi connectivity index (χ0v) is 3.69. The molecule has 34 valence electrons. The summed E-state index contributed by atoms with van der Waals surface area (Å²) in [7, 11) is 0. The van der Waals surface area contributed by atoms with E-state index in [1.807, 2.05) is 0 Å². The minimum atomic E-state index is -6.00. The van der Waals surface area contributed by atoms with Crippen molar-refractivity contribution in [1.82, 2.24) is 0 Å². The maximum atomic E-state index is 8.62. The van der Waals surface area contributed by atoms with Crippen LogP contribution in [-0.4, -0.2) is 18.9 Å². The summed E-state index contributed by atoms with van der Waals surface area (Å²) in [5.74, 6) is 0. The molecule has 0 fully saturated rings. The molecule has 6 heavy (non-hydrogen) atoms. The summed E-state index contributed by atoms with van der Waals surface area (Å²) in [5.41, 5.74) is 0. The van der Waals surface area contributed by atoms with Crippen LogP contribution in [0.15, 0.2) is 0 Å². The molecule has 0 N–H and O–H groups in total. The summed E-state index contributed by atoms with van der Waals surface area (Å²) in [6.45, 7) is 0. The van der Waals surface area contributed by atoms with Gasteiger partial charge in [-0.05, 0) is 0 Å². The molecule has 0 aromatic carbocycles. The van der Waals surface area contributed by atoms with E-state index in [1.165, 1.54) is 0 Å². The molecule has 6 heteroatoms. The zero-order valence-electron chi connectivity index (χ0n) is 3.13. The van der Waals surface area contributed by atoms with Gasteiger partial charge >= 0.3 is 53.2 Å². The molecule has 0 saturated carbocycles. The first-order chi connectivity index (χ1) is 2.00.